The molecule has 5 heterocycles. The van der Waals surface area contributed by atoms with E-state index in [1.807, 2.05) is 30.2 Å². The van der Waals surface area contributed by atoms with E-state index in [0.717, 1.165) is 49.8 Å². The topological polar surface area (TPSA) is 52.6 Å². The molecule has 2 aromatic rings. The number of hydrogen-bond acceptors (Lipinski definition) is 5. The summed E-state index contributed by atoms with van der Waals surface area (Å²) in [5.74, 6) is 2.05. The fourth-order valence-electron chi connectivity index (χ4n) is 4.79. The van der Waals surface area contributed by atoms with Crippen LogP contribution in [0.3, 0.4) is 0 Å². The lowest BCUT2D eigenvalue weighted by Crippen LogP contribution is -2.70. The number of aromatic nitrogens is 2. The summed E-state index contributed by atoms with van der Waals surface area (Å²) in [6.45, 7) is 5.18. The van der Waals surface area contributed by atoms with Gasteiger partial charge < -0.3 is 9.80 Å². The second kappa shape index (κ2) is 6.60. The molecule has 3 fully saturated rings. The zero-order valence-corrected chi connectivity index (χ0v) is 15.7. The number of nitrogens with zero attached hydrogens (tertiary/aromatic N) is 5. The number of benzene rings is 1. The van der Waals surface area contributed by atoms with E-state index in [4.69, 9.17) is 0 Å². The Morgan fingerprint density at radius 3 is 2.81 bits per heavy atom. The molecule has 0 saturated carbocycles. The summed E-state index contributed by atoms with van der Waals surface area (Å²) >= 11 is 0. The smallest absolute Gasteiger partial charge is 0.241 e. The average Bonchev–Trinajstić information content (AvgIpc) is 2.71. The Labute approximate surface area is 159 Å². The second-order valence-electron chi connectivity index (χ2n) is 7.86. The average molecular weight is 363 g/mol. The van der Waals surface area contributed by atoms with Crippen molar-refractivity contribution in [3.8, 4) is 0 Å². The van der Waals surface area contributed by atoms with Gasteiger partial charge in [0.1, 0.15) is 11.6 Å². The van der Waals surface area contributed by atoms with Crippen molar-refractivity contribution in [2.24, 2.45) is 0 Å². The van der Waals surface area contributed by atoms with Crippen LogP contribution in [-0.4, -0.2) is 59.0 Å². The molecule has 4 aliphatic rings. The minimum atomic E-state index is 0.239. The molecule has 0 N–H and O–H groups in total. The van der Waals surface area contributed by atoms with Crippen LogP contribution in [-0.2, 0) is 11.2 Å². The molecule has 3 saturated heterocycles. The van der Waals surface area contributed by atoms with E-state index in [-0.39, 0.29) is 5.91 Å². The number of para-hydroxylation sites is 1. The fourth-order valence-corrected chi connectivity index (χ4v) is 4.79. The number of fused-ring (bicyclic) bond motifs is 3. The van der Waals surface area contributed by atoms with Gasteiger partial charge in [-0.1, -0.05) is 18.2 Å². The van der Waals surface area contributed by atoms with Crippen LogP contribution in [0.5, 0.6) is 0 Å². The number of anilines is 2. The van der Waals surface area contributed by atoms with Crippen molar-refractivity contribution in [1.29, 1.82) is 0 Å². The first kappa shape index (κ1) is 16.7. The fraction of sp³-hybridized carbons (Fsp3) is 0.476. The molecular weight excluding hydrogens is 338 g/mol. The molecule has 6 rings (SSSR count). The largest absolute Gasteiger partial charge is 0.353 e. The minimum Gasteiger partial charge on any atom is -0.353 e. The van der Waals surface area contributed by atoms with E-state index in [2.05, 4.69) is 38.0 Å². The molecule has 27 heavy (non-hydrogen) atoms. The first-order chi connectivity index (χ1) is 13.2. The number of carbonyl (C=O) groups is 1. The number of aryl methyl sites for hydroxylation is 2. The van der Waals surface area contributed by atoms with Crippen LogP contribution in [0, 0.1) is 6.92 Å². The summed E-state index contributed by atoms with van der Waals surface area (Å²) in [6, 6.07) is 11.2. The number of amides is 1. The zero-order chi connectivity index (χ0) is 18.4. The van der Waals surface area contributed by atoms with Crippen molar-refractivity contribution in [2.45, 2.75) is 38.3 Å². The van der Waals surface area contributed by atoms with Gasteiger partial charge in [-0.2, -0.15) is 0 Å². The molecule has 0 aliphatic carbocycles. The first-order valence-corrected chi connectivity index (χ1v) is 9.87. The number of carbonyl (C=O) groups excluding carboxylic acids is 1. The van der Waals surface area contributed by atoms with Crippen LogP contribution in [0.25, 0.3) is 0 Å². The summed E-state index contributed by atoms with van der Waals surface area (Å²) in [5.41, 5.74) is 2.41. The van der Waals surface area contributed by atoms with Crippen LogP contribution in [0.2, 0.25) is 0 Å². The standard InChI is InChI=1S/C21H25N5O/c1-15-22-9-8-20(23-15)24-12-17-11-18(13-24)26(17)14-21(27)25-10-4-6-16-5-2-3-7-19(16)25/h2-3,5,7-9,17-18H,4,6,10-14H2,1H3. The third-order valence-electron chi connectivity index (χ3n) is 6.16. The SMILES string of the molecule is Cc1nccc(N2CC3CC(C2)N3CC(=O)N2CCCc3ccccc32)n1. The van der Waals surface area contributed by atoms with Crippen LogP contribution < -0.4 is 9.80 Å². The van der Waals surface area contributed by atoms with Gasteiger partial charge in [0.25, 0.3) is 0 Å². The Hall–Kier alpha value is -2.47. The molecule has 2 unspecified atom stereocenters. The minimum absolute atomic E-state index is 0.239. The normalized spacial score (nSPS) is 24.3. The first-order valence-electron chi connectivity index (χ1n) is 9.87. The quantitative estimate of drug-likeness (QED) is 0.835. The maximum absolute atomic E-state index is 13.0. The van der Waals surface area contributed by atoms with Gasteiger partial charge in [-0.05, 0) is 43.9 Å². The van der Waals surface area contributed by atoms with Crippen LogP contribution in [0.15, 0.2) is 36.5 Å². The molecule has 6 heteroatoms. The van der Waals surface area contributed by atoms with Gasteiger partial charge in [0.2, 0.25) is 5.91 Å². The highest BCUT2D eigenvalue weighted by Crippen LogP contribution is 2.34. The van der Waals surface area contributed by atoms with E-state index < -0.39 is 0 Å². The predicted octanol–water partition coefficient (Wildman–Crippen LogP) is 2.03. The van der Waals surface area contributed by atoms with Crippen molar-refractivity contribution in [3.63, 3.8) is 0 Å². The molecule has 1 aromatic heterocycles. The van der Waals surface area contributed by atoms with E-state index in [9.17, 15) is 4.79 Å². The molecule has 2 bridgehead atoms. The van der Waals surface area contributed by atoms with Gasteiger partial charge in [-0.15, -0.1) is 0 Å². The lowest BCUT2D eigenvalue weighted by atomic mass is 9.87. The molecule has 1 aromatic carbocycles. The van der Waals surface area contributed by atoms with Crippen molar-refractivity contribution < 1.29 is 4.79 Å². The predicted molar refractivity (Wildman–Crippen MR) is 105 cm³/mol. The summed E-state index contributed by atoms with van der Waals surface area (Å²) in [6.07, 6.45) is 5.14. The molecule has 2 atom stereocenters. The number of piperidine rings is 1. The molecule has 1 amide bonds. The highest BCUT2D eigenvalue weighted by molar-refractivity contribution is 5.96. The van der Waals surface area contributed by atoms with Gasteiger partial charge in [0.05, 0.1) is 6.54 Å². The Kier molecular flexibility index (Phi) is 4.08. The van der Waals surface area contributed by atoms with Crippen LogP contribution in [0.4, 0.5) is 11.5 Å². The Morgan fingerprint density at radius 1 is 1.19 bits per heavy atom. The third kappa shape index (κ3) is 2.98. The molecule has 140 valence electrons. The van der Waals surface area contributed by atoms with Gasteiger partial charge in [0.15, 0.2) is 0 Å². The van der Waals surface area contributed by atoms with Crippen molar-refractivity contribution in [1.82, 2.24) is 14.9 Å². The Balaban J connectivity index is 1.26. The lowest BCUT2D eigenvalue weighted by molar-refractivity contribution is -0.124. The van der Waals surface area contributed by atoms with Crippen LogP contribution >= 0.6 is 0 Å². The Morgan fingerprint density at radius 2 is 2.00 bits per heavy atom. The number of rotatable bonds is 3. The Bertz CT molecular complexity index is 857. The highest BCUT2D eigenvalue weighted by Gasteiger charge is 2.46. The summed E-state index contributed by atoms with van der Waals surface area (Å²) < 4.78 is 0. The molecule has 0 spiro atoms. The number of hydrogen-bond donors (Lipinski definition) is 0. The van der Waals surface area contributed by atoms with Gasteiger partial charge >= 0.3 is 0 Å². The van der Waals surface area contributed by atoms with Crippen molar-refractivity contribution in [2.75, 3.05) is 36.0 Å². The molecule has 6 nitrogen and oxygen atoms in total. The van der Waals surface area contributed by atoms with Gasteiger partial charge in [0, 0.05) is 43.6 Å². The van der Waals surface area contributed by atoms with E-state index in [0.29, 0.717) is 18.6 Å². The van der Waals surface area contributed by atoms with Gasteiger partial charge in [-0.25, -0.2) is 9.97 Å². The zero-order valence-electron chi connectivity index (χ0n) is 15.7. The number of piperazine rings is 1. The summed E-state index contributed by atoms with van der Waals surface area (Å²) in [5, 5.41) is 0. The molecule has 0 radical (unpaired) electrons. The highest BCUT2D eigenvalue weighted by atomic mass is 16.2. The van der Waals surface area contributed by atoms with Crippen LogP contribution in [0.1, 0.15) is 24.2 Å². The summed E-state index contributed by atoms with van der Waals surface area (Å²) in [4.78, 5) is 28.5. The summed E-state index contributed by atoms with van der Waals surface area (Å²) in [7, 11) is 0. The molecule has 4 aliphatic heterocycles. The van der Waals surface area contributed by atoms with E-state index in [1.54, 1.807) is 0 Å². The van der Waals surface area contributed by atoms with Crippen molar-refractivity contribution in [3.05, 3.63) is 47.9 Å². The van der Waals surface area contributed by atoms with E-state index >= 15 is 0 Å². The molecular formula is C21H25N5O. The third-order valence-corrected chi connectivity index (χ3v) is 6.16. The second-order valence-corrected chi connectivity index (χ2v) is 7.86. The maximum Gasteiger partial charge on any atom is 0.241 e. The van der Waals surface area contributed by atoms with Gasteiger partial charge in [-0.3, -0.25) is 9.69 Å². The monoisotopic (exact) mass is 363 g/mol. The lowest BCUT2D eigenvalue weighted by Gasteiger charge is -2.56. The maximum atomic E-state index is 13.0. The van der Waals surface area contributed by atoms with E-state index in [1.165, 1.54) is 12.0 Å². The van der Waals surface area contributed by atoms with Crippen molar-refractivity contribution >= 4 is 17.4 Å².